The molecule has 0 aliphatic heterocycles. The maximum absolute atomic E-state index is 4.83. The molecule has 3 heterocycles. The minimum atomic E-state index is 0.976. The first kappa shape index (κ1) is 22.2. The van der Waals surface area contributed by atoms with Crippen LogP contribution in [0.25, 0.3) is 55.0 Å². The second kappa shape index (κ2) is 8.90. The molecule has 4 heteroatoms. The normalized spacial score (nSPS) is 11.7. The molecule has 0 aliphatic carbocycles. The minimum Gasteiger partial charge on any atom is -0.309 e. The Labute approximate surface area is 230 Å². The van der Waals surface area contributed by atoms with Crippen molar-refractivity contribution in [1.29, 1.82) is 0 Å². The van der Waals surface area contributed by atoms with Crippen LogP contribution in [-0.2, 0) is 0 Å². The van der Waals surface area contributed by atoms with E-state index in [9.17, 15) is 0 Å². The van der Waals surface area contributed by atoms with Crippen LogP contribution in [-0.4, -0.2) is 14.1 Å². The Bertz CT molecular complexity index is 1870. The molecule has 184 valence electrons. The molecule has 5 aromatic carbocycles. The Balaban J connectivity index is 1.12. The van der Waals surface area contributed by atoms with Gasteiger partial charge in [0.05, 0.1) is 34.0 Å². The van der Waals surface area contributed by atoms with Crippen molar-refractivity contribution < 1.29 is 0 Å². The summed E-state index contributed by atoms with van der Waals surface area (Å²) in [6.07, 6.45) is 1.98. The van der Waals surface area contributed by atoms with Gasteiger partial charge in [0, 0.05) is 32.1 Å². The number of benzene rings is 5. The van der Waals surface area contributed by atoms with E-state index >= 15 is 0 Å². The number of fused-ring (bicyclic) bond motifs is 6. The van der Waals surface area contributed by atoms with E-state index in [-0.39, 0.29) is 0 Å². The fourth-order valence-corrected chi connectivity index (χ4v) is 6.51. The van der Waals surface area contributed by atoms with Gasteiger partial charge in [0.2, 0.25) is 0 Å². The summed E-state index contributed by atoms with van der Waals surface area (Å²) in [7, 11) is 0. The number of para-hydroxylation sites is 4. The van der Waals surface area contributed by atoms with Crippen LogP contribution in [0.15, 0.2) is 150 Å². The first-order valence-corrected chi connectivity index (χ1v) is 13.9. The summed E-state index contributed by atoms with van der Waals surface area (Å²) >= 11 is 1.68. The van der Waals surface area contributed by atoms with Gasteiger partial charge in [-0.2, -0.15) is 0 Å². The summed E-state index contributed by atoms with van der Waals surface area (Å²) in [5.74, 6) is 0. The lowest BCUT2D eigenvalue weighted by molar-refractivity contribution is 1.07. The average Bonchev–Trinajstić information content (AvgIpc) is 3.51. The minimum absolute atomic E-state index is 0.976. The molecule has 0 spiro atoms. The van der Waals surface area contributed by atoms with Gasteiger partial charge in [0.15, 0.2) is 0 Å². The summed E-state index contributed by atoms with van der Waals surface area (Å²) in [5, 5.41) is 6.05. The molecular weight excluding hydrogens is 494 g/mol. The lowest BCUT2D eigenvalue weighted by atomic mass is 10.2. The van der Waals surface area contributed by atoms with E-state index in [1.165, 1.54) is 43.6 Å². The predicted octanol–water partition coefficient (Wildman–Crippen LogP) is 9.43. The highest BCUT2D eigenvalue weighted by atomic mass is 32.2. The topological polar surface area (TPSA) is 22.8 Å². The quantitative estimate of drug-likeness (QED) is 0.232. The van der Waals surface area contributed by atoms with Gasteiger partial charge in [-0.3, -0.25) is 0 Å². The molecule has 0 fully saturated rings. The Hall–Kier alpha value is -4.80. The van der Waals surface area contributed by atoms with E-state index in [0.29, 0.717) is 0 Å². The van der Waals surface area contributed by atoms with Gasteiger partial charge < -0.3 is 9.13 Å². The van der Waals surface area contributed by atoms with Crippen LogP contribution < -0.4 is 0 Å². The first-order chi connectivity index (χ1) is 19.3. The van der Waals surface area contributed by atoms with E-state index in [4.69, 9.17) is 4.98 Å². The molecule has 8 aromatic rings. The van der Waals surface area contributed by atoms with Crippen molar-refractivity contribution in [1.82, 2.24) is 14.1 Å². The molecule has 0 saturated carbocycles. The van der Waals surface area contributed by atoms with Crippen molar-refractivity contribution in [3.63, 3.8) is 0 Å². The molecule has 0 saturated heterocycles. The second-order valence-electron chi connectivity index (χ2n) is 9.69. The van der Waals surface area contributed by atoms with Crippen LogP contribution in [0.4, 0.5) is 0 Å². The van der Waals surface area contributed by atoms with Crippen LogP contribution in [0.3, 0.4) is 0 Å². The zero-order valence-electron chi connectivity index (χ0n) is 21.0. The van der Waals surface area contributed by atoms with Gasteiger partial charge in [0.25, 0.3) is 0 Å². The summed E-state index contributed by atoms with van der Waals surface area (Å²) in [4.78, 5) is 6.00. The highest BCUT2D eigenvalue weighted by Gasteiger charge is 2.13. The summed E-state index contributed by atoms with van der Waals surface area (Å²) in [5.41, 5.74) is 7.07. The van der Waals surface area contributed by atoms with E-state index in [2.05, 4.69) is 143 Å². The Morgan fingerprint density at radius 3 is 1.26 bits per heavy atom. The van der Waals surface area contributed by atoms with Gasteiger partial charge in [-0.25, -0.2) is 4.98 Å². The molecule has 0 bridgehead atoms. The maximum atomic E-state index is 4.83. The van der Waals surface area contributed by atoms with Crippen molar-refractivity contribution >= 4 is 55.4 Å². The summed E-state index contributed by atoms with van der Waals surface area (Å²) < 4.78 is 4.64. The number of pyridine rings is 1. The monoisotopic (exact) mass is 517 g/mol. The van der Waals surface area contributed by atoms with Crippen LogP contribution in [0.5, 0.6) is 0 Å². The number of hydrogen-bond donors (Lipinski definition) is 0. The molecule has 0 aliphatic rings. The zero-order valence-corrected chi connectivity index (χ0v) is 21.8. The third-order valence-corrected chi connectivity index (χ3v) is 8.41. The van der Waals surface area contributed by atoms with Crippen molar-refractivity contribution in [3.05, 3.63) is 140 Å². The molecule has 0 N–H and O–H groups in total. The van der Waals surface area contributed by atoms with Crippen LogP contribution in [0.2, 0.25) is 0 Å². The lowest BCUT2D eigenvalue weighted by Crippen LogP contribution is -1.95. The highest BCUT2D eigenvalue weighted by molar-refractivity contribution is 7.99. The predicted molar refractivity (Wildman–Crippen MR) is 163 cm³/mol. The van der Waals surface area contributed by atoms with Crippen LogP contribution in [0.1, 0.15) is 0 Å². The molecule has 0 unspecified atom stereocenters. The molecule has 0 radical (unpaired) electrons. The SMILES string of the molecule is c1ccc2c(c1)c1ccccc1n2-c1ccc(Sc2ccc(-n3c4ccccc4c4ccccc43)cn2)cc1. The Morgan fingerprint density at radius 2 is 0.821 bits per heavy atom. The fourth-order valence-electron chi connectivity index (χ4n) is 5.75. The van der Waals surface area contributed by atoms with E-state index in [1.54, 1.807) is 11.8 Å². The lowest BCUT2D eigenvalue weighted by Gasteiger charge is -2.10. The Kier molecular flexibility index (Phi) is 5.07. The van der Waals surface area contributed by atoms with Crippen molar-refractivity contribution in [2.45, 2.75) is 9.92 Å². The second-order valence-corrected chi connectivity index (χ2v) is 10.8. The third-order valence-electron chi connectivity index (χ3n) is 7.46. The van der Waals surface area contributed by atoms with Crippen LogP contribution in [0, 0.1) is 0 Å². The maximum Gasteiger partial charge on any atom is 0.101 e. The third kappa shape index (κ3) is 3.57. The van der Waals surface area contributed by atoms with Gasteiger partial charge >= 0.3 is 0 Å². The number of aromatic nitrogens is 3. The number of rotatable bonds is 4. The van der Waals surface area contributed by atoms with Crippen molar-refractivity contribution in [2.75, 3.05) is 0 Å². The molecule has 3 aromatic heterocycles. The average molecular weight is 518 g/mol. The standard InChI is InChI=1S/C35H23N3S/c1-5-13-31-27(9-1)28-10-2-6-14-32(28)37(31)24-17-20-26(21-18-24)39-35-22-19-25(23-36-35)38-33-15-7-3-11-29(33)30-12-4-8-16-34(30)38/h1-23H. The Morgan fingerprint density at radius 1 is 0.410 bits per heavy atom. The molecule has 39 heavy (non-hydrogen) atoms. The van der Waals surface area contributed by atoms with Crippen molar-refractivity contribution in [3.8, 4) is 11.4 Å². The van der Waals surface area contributed by atoms with E-state index in [1.807, 2.05) is 6.20 Å². The molecule has 3 nitrogen and oxygen atoms in total. The van der Waals surface area contributed by atoms with E-state index < -0.39 is 0 Å². The van der Waals surface area contributed by atoms with Crippen LogP contribution >= 0.6 is 11.8 Å². The van der Waals surface area contributed by atoms with Gasteiger partial charge in [-0.15, -0.1) is 0 Å². The van der Waals surface area contributed by atoms with Gasteiger partial charge in [-0.1, -0.05) is 84.6 Å². The van der Waals surface area contributed by atoms with Crippen molar-refractivity contribution in [2.24, 2.45) is 0 Å². The fraction of sp³-hybridized carbons (Fsp3) is 0. The molecule has 8 rings (SSSR count). The molecule has 0 amide bonds. The number of nitrogens with zero attached hydrogens (tertiary/aromatic N) is 3. The van der Waals surface area contributed by atoms with E-state index in [0.717, 1.165) is 21.3 Å². The summed E-state index contributed by atoms with van der Waals surface area (Å²) in [6.45, 7) is 0. The summed E-state index contributed by atoms with van der Waals surface area (Å²) in [6, 6.07) is 47.4. The molecule has 0 atom stereocenters. The smallest absolute Gasteiger partial charge is 0.101 e. The van der Waals surface area contributed by atoms with Gasteiger partial charge in [0.1, 0.15) is 5.03 Å². The largest absolute Gasteiger partial charge is 0.309 e. The zero-order chi connectivity index (χ0) is 25.8. The number of hydrogen-bond acceptors (Lipinski definition) is 2. The highest BCUT2D eigenvalue weighted by Crippen LogP contribution is 2.35. The van der Waals surface area contributed by atoms with Gasteiger partial charge in [-0.05, 0) is 60.7 Å². The molecular formula is C35H23N3S. The first-order valence-electron chi connectivity index (χ1n) is 13.1.